The Balaban J connectivity index is 1.55. The average molecular weight is 265 g/mol. The number of nitrogens with one attached hydrogen (secondary N) is 1. The number of carbonyl (C=O) groups excluding carboxylic acids is 1. The van der Waals surface area contributed by atoms with E-state index in [0.29, 0.717) is 0 Å². The first-order valence-electron chi connectivity index (χ1n) is 7.02. The van der Waals surface area contributed by atoms with E-state index in [1.165, 1.54) is 38.8 Å². The van der Waals surface area contributed by atoms with Crippen molar-refractivity contribution in [2.24, 2.45) is 0 Å². The number of hydrogen-bond donors (Lipinski definition) is 1. The Kier molecular flexibility index (Phi) is 3.66. The summed E-state index contributed by atoms with van der Waals surface area (Å²) in [4.78, 5) is 16.9. The molecule has 0 bridgehead atoms. The van der Waals surface area contributed by atoms with Crippen LogP contribution in [0.5, 0.6) is 0 Å². The Bertz CT molecular complexity index is 390. The zero-order valence-electron chi connectivity index (χ0n) is 10.7. The molecule has 2 aliphatic heterocycles. The summed E-state index contributed by atoms with van der Waals surface area (Å²) >= 11 is 1.55. The number of thiophene rings is 1. The maximum Gasteiger partial charge on any atom is 0.263 e. The van der Waals surface area contributed by atoms with Gasteiger partial charge in [0.15, 0.2) is 0 Å². The second-order valence-corrected chi connectivity index (χ2v) is 6.36. The number of amides is 1. The van der Waals surface area contributed by atoms with E-state index >= 15 is 0 Å². The molecule has 1 aromatic rings. The molecular formula is C14H21N2OS+. The number of nitrogens with zero attached hydrogens (tertiary/aromatic N) is 1. The minimum absolute atomic E-state index is 0.236. The standard InChI is InChI=1S/C14H20N2OS/c17-14(13-4-3-11-18-13)16-9-5-12(6-10-16)15-7-1-2-8-15/h3-4,11-12H,1-2,5-10H2/p+1. The number of rotatable bonds is 2. The Morgan fingerprint density at radius 3 is 2.61 bits per heavy atom. The van der Waals surface area contributed by atoms with Gasteiger partial charge >= 0.3 is 0 Å². The fourth-order valence-electron chi connectivity index (χ4n) is 3.28. The van der Waals surface area contributed by atoms with Gasteiger partial charge in [-0.25, -0.2) is 0 Å². The van der Waals surface area contributed by atoms with Gasteiger partial charge < -0.3 is 9.80 Å². The van der Waals surface area contributed by atoms with Crippen molar-refractivity contribution in [3.63, 3.8) is 0 Å². The summed E-state index contributed by atoms with van der Waals surface area (Å²) in [6.07, 6.45) is 5.16. The molecule has 2 fully saturated rings. The number of quaternary nitrogens is 1. The van der Waals surface area contributed by atoms with Gasteiger partial charge in [0.25, 0.3) is 5.91 Å². The van der Waals surface area contributed by atoms with Gasteiger partial charge in [-0.15, -0.1) is 11.3 Å². The summed E-state index contributed by atoms with van der Waals surface area (Å²) < 4.78 is 0. The summed E-state index contributed by atoms with van der Waals surface area (Å²) in [6, 6.07) is 4.70. The van der Waals surface area contributed by atoms with Gasteiger partial charge in [0.2, 0.25) is 0 Å². The first kappa shape index (κ1) is 12.2. The minimum atomic E-state index is 0.236. The van der Waals surface area contributed by atoms with Crippen LogP contribution in [0.15, 0.2) is 17.5 Å². The van der Waals surface area contributed by atoms with E-state index in [1.807, 2.05) is 22.4 Å². The summed E-state index contributed by atoms with van der Waals surface area (Å²) in [5.74, 6) is 0.236. The Morgan fingerprint density at radius 1 is 1.28 bits per heavy atom. The van der Waals surface area contributed by atoms with E-state index in [-0.39, 0.29) is 5.91 Å². The maximum absolute atomic E-state index is 12.2. The van der Waals surface area contributed by atoms with Crippen LogP contribution in [0.25, 0.3) is 0 Å². The summed E-state index contributed by atoms with van der Waals surface area (Å²) in [7, 11) is 0. The smallest absolute Gasteiger partial charge is 0.263 e. The van der Waals surface area contributed by atoms with Crippen LogP contribution in [-0.4, -0.2) is 43.0 Å². The van der Waals surface area contributed by atoms with Gasteiger partial charge in [0, 0.05) is 38.8 Å². The van der Waals surface area contributed by atoms with Crippen molar-refractivity contribution in [1.29, 1.82) is 0 Å². The van der Waals surface area contributed by atoms with Crippen LogP contribution in [-0.2, 0) is 0 Å². The normalized spacial score (nSPS) is 22.6. The van der Waals surface area contributed by atoms with E-state index in [4.69, 9.17) is 0 Å². The molecular weight excluding hydrogens is 244 g/mol. The van der Waals surface area contributed by atoms with E-state index in [0.717, 1.165) is 24.0 Å². The van der Waals surface area contributed by atoms with Gasteiger partial charge in [-0.3, -0.25) is 4.79 Å². The molecule has 0 aromatic carbocycles. The molecule has 2 saturated heterocycles. The number of likely N-dealkylation sites (tertiary alicyclic amines) is 2. The van der Waals surface area contributed by atoms with Gasteiger partial charge in [-0.2, -0.15) is 0 Å². The fourth-order valence-corrected chi connectivity index (χ4v) is 3.98. The monoisotopic (exact) mass is 265 g/mol. The molecule has 98 valence electrons. The molecule has 1 amide bonds. The van der Waals surface area contributed by atoms with Crippen LogP contribution in [0.1, 0.15) is 35.4 Å². The molecule has 0 spiro atoms. The van der Waals surface area contributed by atoms with Crippen molar-refractivity contribution >= 4 is 17.2 Å². The highest BCUT2D eigenvalue weighted by Gasteiger charge is 2.31. The summed E-state index contributed by atoms with van der Waals surface area (Å²) in [5.41, 5.74) is 0. The maximum atomic E-state index is 12.2. The zero-order valence-corrected chi connectivity index (χ0v) is 11.5. The number of carbonyl (C=O) groups is 1. The average Bonchev–Trinajstić information content (AvgIpc) is 3.11. The molecule has 0 radical (unpaired) electrons. The van der Waals surface area contributed by atoms with Crippen LogP contribution in [0.4, 0.5) is 0 Å². The lowest BCUT2D eigenvalue weighted by molar-refractivity contribution is -0.914. The molecule has 1 N–H and O–H groups in total. The fraction of sp³-hybridized carbons (Fsp3) is 0.643. The second kappa shape index (κ2) is 5.41. The summed E-state index contributed by atoms with van der Waals surface area (Å²) in [6.45, 7) is 4.60. The van der Waals surface area contributed by atoms with Crippen LogP contribution in [0.3, 0.4) is 0 Å². The molecule has 4 heteroatoms. The van der Waals surface area contributed by atoms with Crippen molar-refractivity contribution in [3.8, 4) is 0 Å². The largest absolute Gasteiger partial charge is 0.337 e. The quantitative estimate of drug-likeness (QED) is 0.849. The van der Waals surface area contributed by atoms with Crippen molar-refractivity contribution in [2.45, 2.75) is 31.7 Å². The Morgan fingerprint density at radius 2 is 2.00 bits per heavy atom. The molecule has 0 aliphatic carbocycles. The van der Waals surface area contributed by atoms with Gasteiger partial charge in [0.1, 0.15) is 0 Å². The Hall–Kier alpha value is -0.870. The van der Waals surface area contributed by atoms with Crippen molar-refractivity contribution in [3.05, 3.63) is 22.4 Å². The molecule has 18 heavy (non-hydrogen) atoms. The highest BCUT2D eigenvalue weighted by molar-refractivity contribution is 7.12. The van der Waals surface area contributed by atoms with E-state index < -0.39 is 0 Å². The van der Waals surface area contributed by atoms with Crippen molar-refractivity contribution < 1.29 is 9.69 Å². The lowest BCUT2D eigenvalue weighted by atomic mass is 10.0. The van der Waals surface area contributed by atoms with Crippen LogP contribution < -0.4 is 4.90 Å². The third-order valence-electron chi connectivity index (χ3n) is 4.34. The third-order valence-corrected chi connectivity index (χ3v) is 5.20. The lowest BCUT2D eigenvalue weighted by Crippen LogP contribution is -3.14. The van der Waals surface area contributed by atoms with Crippen LogP contribution in [0, 0.1) is 0 Å². The topological polar surface area (TPSA) is 24.8 Å². The SMILES string of the molecule is O=C(c1cccs1)N1CCC([NH+]2CCCC2)CC1. The molecule has 3 rings (SSSR count). The number of hydrogen-bond acceptors (Lipinski definition) is 2. The molecule has 0 unspecified atom stereocenters. The van der Waals surface area contributed by atoms with Crippen LogP contribution >= 0.6 is 11.3 Å². The van der Waals surface area contributed by atoms with E-state index in [9.17, 15) is 4.79 Å². The molecule has 2 aliphatic rings. The first-order valence-corrected chi connectivity index (χ1v) is 7.90. The molecule has 0 atom stereocenters. The lowest BCUT2D eigenvalue weighted by Gasteiger charge is -2.34. The third kappa shape index (κ3) is 2.45. The second-order valence-electron chi connectivity index (χ2n) is 5.41. The van der Waals surface area contributed by atoms with Gasteiger partial charge in [-0.1, -0.05) is 6.07 Å². The zero-order chi connectivity index (χ0) is 12.4. The number of piperidine rings is 1. The predicted molar refractivity (Wildman–Crippen MR) is 73.2 cm³/mol. The predicted octanol–water partition coefficient (Wildman–Crippen LogP) is 1.03. The Labute approximate surface area is 112 Å². The van der Waals surface area contributed by atoms with E-state index in [1.54, 1.807) is 16.2 Å². The summed E-state index contributed by atoms with van der Waals surface area (Å²) in [5, 5.41) is 1.98. The van der Waals surface area contributed by atoms with E-state index in [2.05, 4.69) is 0 Å². The highest BCUT2D eigenvalue weighted by Crippen LogP contribution is 2.16. The highest BCUT2D eigenvalue weighted by atomic mass is 32.1. The first-order chi connectivity index (χ1) is 8.84. The van der Waals surface area contributed by atoms with Crippen molar-refractivity contribution in [1.82, 2.24) is 4.90 Å². The molecule has 0 saturated carbocycles. The van der Waals surface area contributed by atoms with Gasteiger partial charge in [-0.05, 0) is 11.4 Å². The molecule has 3 nitrogen and oxygen atoms in total. The molecule has 3 heterocycles. The van der Waals surface area contributed by atoms with Crippen LogP contribution in [0.2, 0.25) is 0 Å². The van der Waals surface area contributed by atoms with Gasteiger partial charge in [0.05, 0.1) is 24.0 Å². The van der Waals surface area contributed by atoms with Crippen molar-refractivity contribution in [2.75, 3.05) is 26.2 Å². The molecule has 1 aromatic heterocycles. The minimum Gasteiger partial charge on any atom is -0.337 e.